The molecule has 0 saturated heterocycles. The zero-order chi connectivity index (χ0) is 8.97. The molecule has 1 nitrogen and oxygen atoms in total. The number of hydrogen-bond acceptors (Lipinski definition) is 2. The highest BCUT2D eigenvalue weighted by molar-refractivity contribution is 8.00. The molecular weight excluding hydrogens is 168 g/mol. The summed E-state index contributed by atoms with van der Waals surface area (Å²) in [6, 6.07) is 0. The van der Waals surface area contributed by atoms with Crippen molar-refractivity contribution in [1.29, 1.82) is 0 Å². The van der Waals surface area contributed by atoms with E-state index in [2.05, 4.69) is 6.92 Å². The first-order valence-electron chi connectivity index (χ1n) is 4.83. The molecule has 0 N–H and O–H groups in total. The van der Waals surface area contributed by atoms with Crippen molar-refractivity contribution in [2.45, 2.75) is 56.5 Å². The number of hydrogen-bond donors (Lipinski definition) is 0. The van der Waals surface area contributed by atoms with Gasteiger partial charge in [0, 0.05) is 16.9 Å². The maximum Gasteiger partial charge on any atom is 0.130 e. The van der Waals surface area contributed by atoms with Gasteiger partial charge in [0.2, 0.25) is 0 Å². The fourth-order valence-corrected chi connectivity index (χ4v) is 3.40. The van der Waals surface area contributed by atoms with Gasteiger partial charge in [0.1, 0.15) is 5.78 Å². The fourth-order valence-electron chi connectivity index (χ4n) is 1.81. The average molecular weight is 186 g/mol. The van der Waals surface area contributed by atoms with Crippen molar-refractivity contribution in [2.24, 2.45) is 0 Å². The van der Waals surface area contributed by atoms with Gasteiger partial charge in [-0.05, 0) is 19.8 Å². The molecule has 0 radical (unpaired) electrons. The van der Waals surface area contributed by atoms with Gasteiger partial charge >= 0.3 is 0 Å². The maximum absolute atomic E-state index is 10.8. The molecule has 1 rings (SSSR count). The van der Waals surface area contributed by atoms with Crippen LogP contribution in [0, 0.1) is 0 Å². The van der Waals surface area contributed by atoms with E-state index < -0.39 is 0 Å². The van der Waals surface area contributed by atoms with E-state index in [0.29, 0.717) is 11.0 Å². The third-order valence-corrected chi connectivity index (χ3v) is 3.79. The number of carbonyl (C=O) groups excluding carboxylic acids is 1. The van der Waals surface area contributed by atoms with Crippen LogP contribution in [0.5, 0.6) is 0 Å². The van der Waals surface area contributed by atoms with Gasteiger partial charge < -0.3 is 0 Å². The Morgan fingerprint density at radius 3 is 2.58 bits per heavy atom. The first-order chi connectivity index (χ1) is 5.68. The summed E-state index contributed by atoms with van der Waals surface area (Å²) in [6.07, 6.45) is 6.27. The highest BCUT2D eigenvalue weighted by Crippen LogP contribution is 2.33. The number of ketones is 1. The van der Waals surface area contributed by atoms with Crippen LogP contribution >= 0.6 is 11.8 Å². The second-order valence-electron chi connectivity index (χ2n) is 3.76. The van der Waals surface area contributed by atoms with Crippen molar-refractivity contribution in [3.8, 4) is 0 Å². The van der Waals surface area contributed by atoms with Crippen LogP contribution in [0.2, 0.25) is 0 Å². The molecule has 0 aliphatic heterocycles. The Morgan fingerprint density at radius 2 is 2.08 bits per heavy atom. The molecule has 12 heavy (non-hydrogen) atoms. The maximum atomic E-state index is 10.8. The molecular formula is C10H18OS. The Labute approximate surface area is 79.3 Å². The molecule has 2 heteroatoms. The summed E-state index contributed by atoms with van der Waals surface area (Å²) in [5, 5.41) is 1.38. The van der Waals surface area contributed by atoms with E-state index in [9.17, 15) is 4.79 Å². The Hall–Kier alpha value is 0.0200. The predicted octanol–water partition coefficient (Wildman–Crippen LogP) is 3.03. The van der Waals surface area contributed by atoms with Crippen LogP contribution in [0.3, 0.4) is 0 Å². The monoisotopic (exact) mass is 186 g/mol. The normalized spacial score (nSPS) is 21.2. The van der Waals surface area contributed by atoms with E-state index >= 15 is 0 Å². The lowest BCUT2D eigenvalue weighted by Crippen LogP contribution is -2.08. The van der Waals surface area contributed by atoms with E-state index in [1.165, 1.54) is 25.7 Å². The first-order valence-corrected chi connectivity index (χ1v) is 5.77. The Balaban J connectivity index is 2.16. The molecule has 1 saturated carbocycles. The van der Waals surface area contributed by atoms with Gasteiger partial charge in [-0.1, -0.05) is 19.8 Å². The molecule has 1 fully saturated rings. The molecule has 1 aliphatic rings. The fraction of sp³-hybridized carbons (Fsp3) is 0.900. The Morgan fingerprint density at radius 1 is 1.50 bits per heavy atom. The molecule has 0 bridgehead atoms. The molecule has 0 aromatic carbocycles. The standard InChI is InChI=1S/C10H18OS/c1-8(11)7-9(2)12-10-5-3-4-6-10/h9-10H,3-7H2,1-2H3/t9-/m0/s1. The molecule has 0 spiro atoms. The lowest BCUT2D eigenvalue weighted by atomic mass is 10.2. The van der Waals surface area contributed by atoms with Crippen LogP contribution in [0.15, 0.2) is 0 Å². The summed E-state index contributed by atoms with van der Waals surface area (Å²) in [5.74, 6) is 0.327. The van der Waals surface area contributed by atoms with Crippen molar-refractivity contribution >= 4 is 17.5 Å². The average Bonchev–Trinajstić information content (AvgIpc) is 2.37. The van der Waals surface area contributed by atoms with Crippen LogP contribution in [0.1, 0.15) is 46.0 Å². The van der Waals surface area contributed by atoms with Crippen molar-refractivity contribution in [3.63, 3.8) is 0 Å². The summed E-state index contributed by atoms with van der Waals surface area (Å²) in [6.45, 7) is 3.86. The molecule has 1 aliphatic carbocycles. The minimum absolute atomic E-state index is 0.327. The summed E-state index contributed by atoms with van der Waals surface area (Å²) >= 11 is 2.01. The first kappa shape index (κ1) is 10.1. The van der Waals surface area contributed by atoms with Gasteiger partial charge in [-0.3, -0.25) is 4.79 Å². The van der Waals surface area contributed by atoms with E-state index in [-0.39, 0.29) is 0 Å². The smallest absolute Gasteiger partial charge is 0.130 e. The third-order valence-electron chi connectivity index (χ3n) is 2.30. The Kier molecular flexibility index (Phi) is 4.13. The lowest BCUT2D eigenvalue weighted by molar-refractivity contribution is -0.116. The molecule has 0 aromatic heterocycles. The minimum Gasteiger partial charge on any atom is -0.300 e. The largest absolute Gasteiger partial charge is 0.300 e. The SMILES string of the molecule is CC(=O)C[C@H](C)SC1CCCC1. The topological polar surface area (TPSA) is 17.1 Å². The molecule has 0 amide bonds. The van der Waals surface area contributed by atoms with Crippen molar-refractivity contribution in [1.82, 2.24) is 0 Å². The minimum atomic E-state index is 0.327. The number of thioether (sulfide) groups is 1. The van der Waals surface area contributed by atoms with Crippen molar-refractivity contribution < 1.29 is 4.79 Å². The summed E-state index contributed by atoms with van der Waals surface area (Å²) in [5.41, 5.74) is 0. The van der Waals surface area contributed by atoms with E-state index in [1.807, 2.05) is 11.8 Å². The molecule has 0 aromatic rings. The van der Waals surface area contributed by atoms with Gasteiger partial charge in [0.15, 0.2) is 0 Å². The van der Waals surface area contributed by atoms with Gasteiger partial charge in [0.25, 0.3) is 0 Å². The number of carbonyl (C=O) groups is 1. The highest BCUT2D eigenvalue weighted by Gasteiger charge is 2.18. The third kappa shape index (κ3) is 3.61. The second-order valence-corrected chi connectivity index (χ2v) is 5.50. The van der Waals surface area contributed by atoms with E-state index in [0.717, 1.165) is 11.7 Å². The van der Waals surface area contributed by atoms with Crippen molar-refractivity contribution in [2.75, 3.05) is 0 Å². The van der Waals surface area contributed by atoms with E-state index in [1.54, 1.807) is 6.92 Å². The zero-order valence-electron chi connectivity index (χ0n) is 8.01. The van der Waals surface area contributed by atoms with E-state index in [4.69, 9.17) is 0 Å². The van der Waals surface area contributed by atoms with Crippen LogP contribution in [-0.4, -0.2) is 16.3 Å². The summed E-state index contributed by atoms with van der Waals surface area (Å²) in [4.78, 5) is 10.8. The second kappa shape index (κ2) is 4.90. The van der Waals surface area contributed by atoms with Gasteiger partial charge in [-0.25, -0.2) is 0 Å². The Bertz CT molecular complexity index is 150. The van der Waals surface area contributed by atoms with Crippen LogP contribution in [-0.2, 0) is 4.79 Å². The lowest BCUT2D eigenvalue weighted by Gasteiger charge is -2.14. The quantitative estimate of drug-likeness (QED) is 0.671. The van der Waals surface area contributed by atoms with Gasteiger partial charge in [0.05, 0.1) is 0 Å². The highest BCUT2D eigenvalue weighted by atomic mass is 32.2. The predicted molar refractivity (Wildman–Crippen MR) is 54.6 cm³/mol. The summed E-state index contributed by atoms with van der Waals surface area (Å²) in [7, 11) is 0. The molecule has 1 atom stereocenters. The van der Waals surface area contributed by atoms with Crippen molar-refractivity contribution in [3.05, 3.63) is 0 Å². The molecule has 0 heterocycles. The molecule has 0 unspecified atom stereocenters. The van der Waals surface area contributed by atoms with Crippen LogP contribution in [0.25, 0.3) is 0 Å². The number of Topliss-reactive ketones (excluding diaryl/α,β-unsaturated/α-hetero) is 1. The van der Waals surface area contributed by atoms with Gasteiger partial charge in [-0.15, -0.1) is 0 Å². The van der Waals surface area contributed by atoms with Gasteiger partial charge in [-0.2, -0.15) is 11.8 Å². The van der Waals surface area contributed by atoms with Crippen LogP contribution in [0.4, 0.5) is 0 Å². The molecule has 70 valence electrons. The zero-order valence-corrected chi connectivity index (χ0v) is 8.82. The van der Waals surface area contributed by atoms with Crippen LogP contribution < -0.4 is 0 Å². The summed E-state index contributed by atoms with van der Waals surface area (Å²) < 4.78 is 0. The number of rotatable bonds is 4.